The van der Waals surface area contributed by atoms with Crippen LogP contribution >= 0.6 is 0 Å². The van der Waals surface area contributed by atoms with Gasteiger partial charge in [0.05, 0.1) is 18.2 Å². The van der Waals surface area contributed by atoms with Crippen LogP contribution in [0.1, 0.15) is 29.7 Å². The van der Waals surface area contributed by atoms with E-state index in [1.807, 2.05) is 19.1 Å². The molecule has 17 heavy (non-hydrogen) atoms. The summed E-state index contributed by atoms with van der Waals surface area (Å²) < 4.78 is 10.2. The minimum atomic E-state index is -0.484. The fourth-order valence-electron chi connectivity index (χ4n) is 1.76. The average molecular weight is 231 g/mol. The van der Waals surface area contributed by atoms with E-state index in [1.54, 1.807) is 13.0 Å². The number of rotatable bonds is 3. The molecule has 88 valence electrons. The lowest BCUT2D eigenvalue weighted by atomic mass is 10.0. The lowest BCUT2D eigenvalue weighted by Crippen LogP contribution is -2.11. The van der Waals surface area contributed by atoms with Crippen LogP contribution in [0.15, 0.2) is 18.2 Å². The average Bonchev–Trinajstić information content (AvgIpc) is 3.09. The molecule has 2 atom stereocenters. The van der Waals surface area contributed by atoms with Gasteiger partial charge in [-0.25, -0.2) is 4.79 Å². The van der Waals surface area contributed by atoms with Crippen LogP contribution in [0.3, 0.4) is 0 Å². The van der Waals surface area contributed by atoms with Crippen molar-refractivity contribution in [3.8, 4) is 6.07 Å². The van der Waals surface area contributed by atoms with Gasteiger partial charge in [-0.15, -0.1) is 0 Å². The van der Waals surface area contributed by atoms with Crippen molar-refractivity contribution in [2.75, 3.05) is 6.61 Å². The second-order valence-corrected chi connectivity index (χ2v) is 3.92. The minimum Gasteiger partial charge on any atom is -0.464 e. The Morgan fingerprint density at radius 1 is 1.59 bits per heavy atom. The largest absolute Gasteiger partial charge is 0.464 e. The Kier molecular flexibility index (Phi) is 3.12. The number of benzene rings is 1. The molecule has 0 N–H and O–H groups in total. The molecule has 1 heterocycles. The molecule has 1 aromatic carbocycles. The van der Waals surface area contributed by atoms with Crippen LogP contribution in [-0.4, -0.2) is 18.7 Å². The molecule has 0 radical (unpaired) electrons. The molecule has 1 saturated heterocycles. The third-order valence-electron chi connectivity index (χ3n) is 2.71. The second kappa shape index (κ2) is 4.56. The number of carbonyl (C=O) groups excluding carboxylic acids is 1. The van der Waals surface area contributed by atoms with E-state index in [1.165, 1.54) is 0 Å². The van der Waals surface area contributed by atoms with Crippen molar-refractivity contribution in [1.29, 1.82) is 5.26 Å². The number of aryl methyl sites for hydroxylation is 1. The molecule has 0 saturated carbocycles. The van der Waals surface area contributed by atoms with Gasteiger partial charge in [-0.05, 0) is 31.0 Å². The fourth-order valence-corrected chi connectivity index (χ4v) is 1.76. The van der Waals surface area contributed by atoms with Gasteiger partial charge in [-0.1, -0.05) is 12.1 Å². The van der Waals surface area contributed by atoms with Gasteiger partial charge >= 0.3 is 5.97 Å². The molecule has 0 unspecified atom stereocenters. The van der Waals surface area contributed by atoms with Gasteiger partial charge in [0.2, 0.25) is 0 Å². The molecular weight excluding hydrogens is 218 g/mol. The number of esters is 1. The lowest BCUT2D eigenvalue weighted by Gasteiger charge is -2.01. The van der Waals surface area contributed by atoms with Gasteiger partial charge in [-0.3, -0.25) is 0 Å². The van der Waals surface area contributed by atoms with Crippen LogP contribution in [0.5, 0.6) is 0 Å². The van der Waals surface area contributed by atoms with E-state index in [0.29, 0.717) is 12.2 Å². The number of hydrogen-bond donors (Lipinski definition) is 0. The molecule has 0 bridgehead atoms. The van der Waals surface area contributed by atoms with Gasteiger partial charge in [0.1, 0.15) is 6.10 Å². The number of hydrogen-bond acceptors (Lipinski definition) is 4. The molecule has 1 fully saturated rings. The van der Waals surface area contributed by atoms with E-state index < -0.39 is 6.10 Å². The van der Waals surface area contributed by atoms with E-state index in [9.17, 15) is 4.79 Å². The van der Waals surface area contributed by atoms with Crippen LogP contribution in [0, 0.1) is 18.3 Å². The maximum absolute atomic E-state index is 11.4. The Morgan fingerprint density at radius 2 is 2.35 bits per heavy atom. The molecule has 4 heteroatoms. The maximum atomic E-state index is 11.4. The fraction of sp³-hybridized carbons (Fsp3) is 0.385. The first kappa shape index (κ1) is 11.6. The van der Waals surface area contributed by atoms with Crippen LogP contribution < -0.4 is 0 Å². The highest BCUT2D eigenvalue weighted by molar-refractivity contribution is 5.78. The molecule has 4 nitrogen and oxygen atoms in total. The van der Waals surface area contributed by atoms with Gasteiger partial charge in [0.15, 0.2) is 6.10 Å². The lowest BCUT2D eigenvalue weighted by molar-refractivity contribution is -0.144. The molecule has 0 spiro atoms. The normalized spacial score (nSPS) is 21.7. The predicted octanol–water partition coefficient (Wildman–Crippen LogP) is 1.87. The van der Waals surface area contributed by atoms with Crippen LogP contribution in [0.4, 0.5) is 0 Å². The summed E-state index contributed by atoms with van der Waals surface area (Å²) in [5.41, 5.74) is 2.45. The monoisotopic (exact) mass is 231 g/mol. The van der Waals surface area contributed by atoms with E-state index in [2.05, 4.69) is 6.07 Å². The molecule has 0 aromatic heterocycles. The quantitative estimate of drug-likeness (QED) is 0.588. The highest BCUT2D eigenvalue weighted by Crippen LogP contribution is 2.39. The molecule has 1 aliphatic rings. The topological polar surface area (TPSA) is 62.6 Å². The Bertz CT molecular complexity index is 490. The van der Waals surface area contributed by atoms with Crippen LogP contribution in [0.25, 0.3) is 0 Å². The predicted molar refractivity (Wildman–Crippen MR) is 60.1 cm³/mol. The van der Waals surface area contributed by atoms with Gasteiger partial charge in [0, 0.05) is 0 Å². The summed E-state index contributed by atoms with van der Waals surface area (Å²) in [4.78, 5) is 11.4. The summed E-state index contributed by atoms with van der Waals surface area (Å²) in [5.74, 6) is -0.320. The summed E-state index contributed by atoms with van der Waals surface area (Å²) in [6.07, 6.45) is -0.706. The smallest absolute Gasteiger partial charge is 0.338 e. The minimum absolute atomic E-state index is 0.222. The highest BCUT2D eigenvalue weighted by Gasteiger charge is 2.47. The molecule has 2 rings (SSSR count). The Labute approximate surface area is 99.8 Å². The number of nitrogens with zero attached hydrogens (tertiary/aromatic N) is 1. The van der Waals surface area contributed by atoms with Crippen molar-refractivity contribution in [1.82, 2.24) is 0 Å². The van der Waals surface area contributed by atoms with Crippen molar-refractivity contribution in [3.63, 3.8) is 0 Å². The van der Waals surface area contributed by atoms with Crippen molar-refractivity contribution in [3.05, 3.63) is 34.9 Å². The third kappa shape index (κ3) is 2.29. The molecule has 1 aromatic rings. The van der Waals surface area contributed by atoms with E-state index in [-0.39, 0.29) is 12.1 Å². The molecular formula is C13H13NO3. The Hall–Kier alpha value is -1.86. The summed E-state index contributed by atoms with van der Waals surface area (Å²) in [6.45, 7) is 3.99. The Morgan fingerprint density at radius 3 is 2.94 bits per heavy atom. The van der Waals surface area contributed by atoms with E-state index in [4.69, 9.17) is 14.7 Å². The van der Waals surface area contributed by atoms with Crippen LogP contribution in [0.2, 0.25) is 0 Å². The first-order valence-corrected chi connectivity index (χ1v) is 5.50. The van der Waals surface area contributed by atoms with Crippen molar-refractivity contribution < 1.29 is 14.3 Å². The Balaban J connectivity index is 2.09. The standard InChI is InChI=1S/C13H13NO3/c1-3-16-13(15)12-11(17-12)9-4-5-10(7-14)8(2)6-9/h4-6,11-12H,3H2,1-2H3/t11-,12+/m0/s1. The number of nitriles is 1. The summed E-state index contributed by atoms with van der Waals surface area (Å²) >= 11 is 0. The zero-order chi connectivity index (χ0) is 12.4. The van der Waals surface area contributed by atoms with Gasteiger partial charge < -0.3 is 9.47 Å². The maximum Gasteiger partial charge on any atom is 0.338 e. The second-order valence-electron chi connectivity index (χ2n) is 3.92. The summed E-state index contributed by atoms with van der Waals surface area (Å²) in [6, 6.07) is 7.54. The first-order chi connectivity index (χ1) is 8.17. The number of carbonyl (C=O) groups is 1. The summed E-state index contributed by atoms with van der Waals surface area (Å²) in [5, 5.41) is 8.82. The van der Waals surface area contributed by atoms with Crippen molar-refractivity contribution in [2.45, 2.75) is 26.1 Å². The van der Waals surface area contributed by atoms with Crippen molar-refractivity contribution in [2.24, 2.45) is 0 Å². The highest BCUT2D eigenvalue weighted by atomic mass is 16.6. The molecule has 1 aliphatic heterocycles. The zero-order valence-corrected chi connectivity index (χ0v) is 9.77. The van der Waals surface area contributed by atoms with Crippen LogP contribution in [-0.2, 0) is 14.3 Å². The SMILES string of the molecule is CCOC(=O)[C@@H]1O[C@H]1c1ccc(C#N)c(C)c1. The zero-order valence-electron chi connectivity index (χ0n) is 9.77. The van der Waals surface area contributed by atoms with Gasteiger partial charge in [0.25, 0.3) is 0 Å². The van der Waals surface area contributed by atoms with E-state index in [0.717, 1.165) is 11.1 Å². The van der Waals surface area contributed by atoms with Crippen molar-refractivity contribution >= 4 is 5.97 Å². The number of epoxide rings is 1. The molecule has 0 amide bonds. The first-order valence-electron chi connectivity index (χ1n) is 5.50. The molecule has 0 aliphatic carbocycles. The van der Waals surface area contributed by atoms with Gasteiger partial charge in [-0.2, -0.15) is 5.26 Å². The number of ether oxygens (including phenoxy) is 2. The third-order valence-corrected chi connectivity index (χ3v) is 2.71. The van der Waals surface area contributed by atoms with E-state index >= 15 is 0 Å². The summed E-state index contributed by atoms with van der Waals surface area (Å²) in [7, 11) is 0.